The van der Waals surface area contributed by atoms with Gasteiger partial charge in [-0.2, -0.15) is 0 Å². The SMILES string of the molecule is O=C(OCc1ccccc1)c1ccc2c(c1)C(=O)N(c1ccc([N+](=O)[O-])cc1)C2=O. The number of imide groups is 1. The molecule has 0 bridgehead atoms. The van der Waals surface area contributed by atoms with E-state index < -0.39 is 22.7 Å². The first-order chi connectivity index (χ1) is 14.5. The monoisotopic (exact) mass is 402 g/mol. The summed E-state index contributed by atoms with van der Waals surface area (Å²) in [7, 11) is 0. The maximum Gasteiger partial charge on any atom is 0.338 e. The molecule has 1 aliphatic rings. The third-order valence-corrected chi connectivity index (χ3v) is 4.65. The second kappa shape index (κ2) is 7.59. The van der Waals surface area contributed by atoms with Crippen LogP contribution < -0.4 is 4.90 Å². The van der Waals surface area contributed by atoms with Crippen LogP contribution in [0.15, 0.2) is 72.8 Å². The van der Waals surface area contributed by atoms with Gasteiger partial charge in [-0.1, -0.05) is 30.3 Å². The first kappa shape index (κ1) is 19.0. The molecule has 0 unspecified atom stereocenters. The summed E-state index contributed by atoms with van der Waals surface area (Å²) in [6.45, 7) is 0.0819. The zero-order valence-electron chi connectivity index (χ0n) is 15.5. The standard InChI is InChI=1S/C22H14N2O6/c25-20-18-11-6-15(22(27)30-13-14-4-2-1-3-5-14)12-19(18)21(26)23(20)16-7-9-17(10-8-16)24(28)29/h1-12H,13H2. The van der Waals surface area contributed by atoms with E-state index in [-0.39, 0.29) is 34.7 Å². The Hall–Kier alpha value is -4.33. The summed E-state index contributed by atoms with van der Waals surface area (Å²) in [4.78, 5) is 49.0. The third-order valence-electron chi connectivity index (χ3n) is 4.65. The first-order valence-electron chi connectivity index (χ1n) is 8.94. The zero-order chi connectivity index (χ0) is 21.3. The van der Waals surface area contributed by atoms with Gasteiger partial charge in [-0.15, -0.1) is 0 Å². The molecule has 3 aromatic rings. The van der Waals surface area contributed by atoms with Crippen molar-refractivity contribution in [2.24, 2.45) is 0 Å². The summed E-state index contributed by atoms with van der Waals surface area (Å²) in [5.74, 6) is -1.79. The summed E-state index contributed by atoms with van der Waals surface area (Å²) in [5, 5.41) is 10.8. The number of rotatable bonds is 5. The highest BCUT2D eigenvalue weighted by Gasteiger charge is 2.37. The van der Waals surface area contributed by atoms with Crippen LogP contribution in [-0.2, 0) is 11.3 Å². The van der Waals surface area contributed by atoms with E-state index in [0.717, 1.165) is 10.5 Å². The Morgan fingerprint density at radius 3 is 2.23 bits per heavy atom. The normalized spacial score (nSPS) is 12.6. The van der Waals surface area contributed by atoms with Gasteiger partial charge in [-0.05, 0) is 35.9 Å². The second-order valence-corrected chi connectivity index (χ2v) is 6.54. The molecular weight excluding hydrogens is 388 g/mol. The molecule has 8 nitrogen and oxygen atoms in total. The smallest absolute Gasteiger partial charge is 0.338 e. The van der Waals surface area contributed by atoms with Crippen LogP contribution in [0.25, 0.3) is 0 Å². The molecule has 0 fully saturated rings. The number of hydrogen-bond donors (Lipinski definition) is 0. The lowest BCUT2D eigenvalue weighted by atomic mass is 10.1. The molecule has 0 N–H and O–H groups in total. The van der Waals surface area contributed by atoms with Gasteiger partial charge in [-0.25, -0.2) is 9.69 Å². The van der Waals surface area contributed by atoms with Crippen LogP contribution in [0.4, 0.5) is 11.4 Å². The maximum atomic E-state index is 12.8. The lowest BCUT2D eigenvalue weighted by molar-refractivity contribution is -0.384. The van der Waals surface area contributed by atoms with Crippen LogP contribution in [0.1, 0.15) is 36.6 Å². The molecule has 148 valence electrons. The summed E-state index contributed by atoms with van der Waals surface area (Å²) in [6.07, 6.45) is 0. The number of esters is 1. The number of nitrogens with zero attached hydrogens (tertiary/aromatic N) is 2. The van der Waals surface area contributed by atoms with Crippen molar-refractivity contribution < 1.29 is 24.0 Å². The van der Waals surface area contributed by atoms with E-state index in [1.165, 1.54) is 42.5 Å². The van der Waals surface area contributed by atoms with Gasteiger partial charge in [-0.3, -0.25) is 19.7 Å². The predicted molar refractivity (Wildman–Crippen MR) is 106 cm³/mol. The molecule has 0 spiro atoms. The van der Waals surface area contributed by atoms with Crippen molar-refractivity contribution in [1.29, 1.82) is 0 Å². The number of anilines is 1. The number of amides is 2. The Kier molecular flexibility index (Phi) is 4.81. The molecule has 3 aromatic carbocycles. The van der Waals surface area contributed by atoms with Gasteiger partial charge in [0.05, 0.1) is 27.3 Å². The molecule has 0 aromatic heterocycles. The number of carbonyl (C=O) groups is 3. The van der Waals surface area contributed by atoms with Crippen molar-refractivity contribution in [2.75, 3.05) is 4.90 Å². The maximum absolute atomic E-state index is 12.8. The summed E-state index contributed by atoms with van der Waals surface area (Å²) >= 11 is 0. The second-order valence-electron chi connectivity index (χ2n) is 6.54. The van der Waals surface area contributed by atoms with E-state index >= 15 is 0 Å². The minimum Gasteiger partial charge on any atom is -0.457 e. The molecule has 0 saturated carbocycles. The molecule has 8 heteroatoms. The van der Waals surface area contributed by atoms with Crippen LogP contribution in [-0.4, -0.2) is 22.7 Å². The number of carbonyl (C=O) groups excluding carboxylic acids is 3. The molecule has 0 radical (unpaired) electrons. The highest BCUT2D eigenvalue weighted by molar-refractivity contribution is 6.34. The number of nitro benzene ring substituents is 1. The molecule has 4 rings (SSSR count). The van der Waals surface area contributed by atoms with Crippen LogP contribution in [0.3, 0.4) is 0 Å². The van der Waals surface area contributed by atoms with Crippen molar-refractivity contribution >= 4 is 29.2 Å². The first-order valence-corrected chi connectivity index (χ1v) is 8.94. The quantitative estimate of drug-likeness (QED) is 0.278. The summed E-state index contributed by atoms with van der Waals surface area (Å²) < 4.78 is 5.27. The lowest BCUT2D eigenvalue weighted by Gasteiger charge is -2.13. The van der Waals surface area contributed by atoms with Crippen molar-refractivity contribution in [2.45, 2.75) is 6.61 Å². The highest BCUT2D eigenvalue weighted by atomic mass is 16.6. The molecule has 0 aliphatic carbocycles. The van der Waals surface area contributed by atoms with E-state index in [9.17, 15) is 24.5 Å². The number of non-ortho nitro benzene ring substituents is 1. The van der Waals surface area contributed by atoms with Crippen LogP contribution >= 0.6 is 0 Å². The van der Waals surface area contributed by atoms with E-state index in [2.05, 4.69) is 0 Å². The molecule has 2 amide bonds. The van der Waals surface area contributed by atoms with Gasteiger partial charge in [0.25, 0.3) is 17.5 Å². The average Bonchev–Trinajstić information content (AvgIpc) is 3.02. The fourth-order valence-electron chi connectivity index (χ4n) is 3.13. The third kappa shape index (κ3) is 3.42. The Bertz CT molecular complexity index is 1170. The fraction of sp³-hybridized carbons (Fsp3) is 0.0455. The van der Waals surface area contributed by atoms with Crippen LogP contribution in [0, 0.1) is 10.1 Å². The summed E-state index contributed by atoms with van der Waals surface area (Å²) in [6, 6.07) is 18.4. The topological polar surface area (TPSA) is 107 Å². The van der Waals surface area contributed by atoms with Gasteiger partial charge in [0.2, 0.25) is 0 Å². The highest BCUT2D eigenvalue weighted by Crippen LogP contribution is 2.30. The van der Waals surface area contributed by atoms with Crippen molar-refractivity contribution in [3.8, 4) is 0 Å². The minimum absolute atomic E-state index is 0.0764. The number of benzene rings is 3. The predicted octanol–water partition coefficient (Wildman–Crippen LogP) is 3.75. The van der Waals surface area contributed by atoms with E-state index in [1.54, 1.807) is 0 Å². The fourth-order valence-corrected chi connectivity index (χ4v) is 3.13. The molecule has 0 atom stereocenters. The van der Waals surface area contributed by atoms with Crippen molar-refractivity contribution in [1.82, 2.24) is 0 Å². The molecular formula is C22H14N2O6. The Labute approximate surface area is 170 Å². The molecule has 0 saturated heterocycles. The van der Waals surface area contributed by atoms with Crippen molar-refractivity contribution in [3.05, 3.63) is 105 Å². The Morgan fingerprint density at radius 1 is 0.900 bits per heavy atom. The average molecular weight is 402 g/mol. The Balaban J connectivity index is 1.55. The van der Waals surface area contributed by atoms with Gasteiger partial charge >= 0.3 is 5.97 Å². The Morgan fingerprint density at radius 2 is 1.57 bits per heavy atom. The van der Waals surface area contributed by atoms with Crippen molar-refractivity contribution in [3.63, 3.8) is 0 Å². The number of nitro groups is 1. The minimum atomic E-state index is -0.615. The van der Waals surface area contributed by atoms with Gasteiger partial charge < -0.3 is 4.74 Å². The number of ether oxygens (including phenoxy) is 1. The van der Waals surface area contributed by atoms with E-state index in [1.807, 2.05) is 30.3 Å². The van der Waals surface area contributed by atoms with Gasteiger partial charge in [0.1, 0.15) is 6.61 Å². The van der Waals surface area contributed by atoms with Crippen LogP contribution in [0.5, 0.6) is 0 Å². The van der Waals surface area contributed by atoms with Gasteiger partial charge in [0.15, 0.2) is 0 Å². The molecule has 1 aliphatic heterocycles. The molecule has 1 heterocycles. The lowest BCUT2D eigenvalue weighted by Crippen LogP contribution is -2.29. The van der Waals surface area contributed by atoms with E-state index in [0.29, 0.717) is 0 Å². The van der Waals surface area contributed by atoms with Crippen LogP contribution in [0.2, 0.25) is 0 Å². The summed E-state index contributed by atoms with van der Waals surface area (Å²) in [5.41, 5.74) is 1.25. The zero-order valence-corrected chi connectivity index (χ0v) is 15.5. The van der Waals surface area contributed by atoms with E-state index in [4.69, 9.17) is 4.74 Å². The van der Waals surface area contributed by atoms with Gasteiger partial charge in [0, 0.05) is 12.1 Å². The number of hydrogen-bond acceptors (Lipinski definition) is 6. The number of fused-ring (bicyclic) bond motifs is 1. The largest absolute Gasteiger partial charge is 0.457 e. The molecule has 30 heavy (non-hydrogen) atoms.